The van der Waals surface area contributed by atoms with Crippen molar-refractivity contribution in [2.75, 3.05) is 0 Å². The van der Waals surface area contributed by atoms with E-state index in [1.807, 2.05) is 35.7 Å². The van der Waals surface area contributed by atoms with E-state index in [1.165, 1.54) is 11.3 Å². The summed E-state index contributed by atoms with van der Waals surface area (Å²) in [6, 6.07) is 9.73. The molecule has 4 heteroatoms. The van der Waals surface area contributed by atoms with Gasteiger partial charge in [0, 0.05) is 4.47 Å². The zero-order chi connectivity index (χ0) is 10.8. The van der Waals surface area contributed by atoms with Crippen LogP contribution in [0, 0.1) is 0 Å². The van der Waals surface area contributed by atoms with Gasteiger partial charge in [-0.2, -0.15) is 0 Å². The summed E-state index contributed by atoms with van der Waals surface area (Å²) >= 11 is 10.1. The topological polar surface area (TPSA) is 17.1 Å². The molecule has 0 radical (unpaired) electrons. The molecule has 0 amide bonds. The normalized spacial score (nSPS) is 10.3. The van der Waals surface area contributed by atoms with E-state index in [0.29, 0.717) is 4.88 Å². The smallest absolute Gasteiger partial charge is 0.262 e. The van der Waals surface area contributed by atoms with Crippen molar-refractivity contribution >= 4 is 44.1 Å². The summed E-state index contributed by atoms with van der Waals surface area (Å²) in [5.41, 5.74) is 2.11. The van der Waals surface area contributed by atoms with Gasteiger partial charge in [0.15, 0.2) is 0 Å². The Morgan fingerprint density at radius 2 is 1.87 bits per heavy atom. The third-order valence-corrected chi connectivity index (χ3v) is 3.74. The highest BCUT2D eigenvalue weighted by Crippen LogP contribution is 2.27. The Bertz CT molecular complexity index is 490. The van der Waals surface area contributed by atoms with Gasteiger partial charge in [0.1, 0.15) is 0 Å². The molecule has 0 saturated carbocycles. The summed E-state index contributed by atoms with van der Waals surface area (Å²) in [5.74, 6) is 0. The number of hydrogen-bond donors (Lipinski definition) is 0. The Balaban J connectivity index is 2.37. The van der Waals surface area contributed by atoms with Crippen LogP contribution in [0.2, 0.25) is 0 Å². The molecule has 2 aromatic rings. The van der Waals surface area contributed by atoms with E-state index in [1.54, 1.807) is 0 Å². The van der Waals surface area contributed by atoms with Gasteiger partial charge in [-0.25, -0.2) is 0 Å². The molecule has 0 aliphatic carbocycles. The molecule has 0 spiro atoms. The fourth-order valence-corrected chi connectivity index (χ4v) is 2.43. The van der Waals surface area contributed by atoms with Gasteiger partial charge in [-0.05, 0) is 46.3 Å². The van der Waals surface area contributed by atoms with Crippen LogP contribution in [0.5, 0.6) is 0 Å². The van der Waals surface area contributed by atoms with E-state index < -0.39 is 5.24 Å². The molecular formula is C11H6BrClOS. The van der Waals surface area contributed by atoms with Crippen LogP contribution in [-0.2, 0) is 0 Å². The van der Waals surface area contributed by atoms with E-state index >= 15 is 0 Å². The average molecular weight is 302 g/mol. The van der Waals surface area contributed by atoms with E-state index in [-0.39, 0.29) is 0 Å². The number of benzene rings is 1. The summed E-state index contributed by atoms with van der Waals surface area (Å²) in [4.78, 5) is 11.5. The Morgan fingerprint density at radius 3 is 2.40 bits per heavy atom. The number of rotatable bonds is 2. The maximum absolute atomic E-state index is 10.9. The molecule has 0 saturated heterocycles. The maximum Gasteiger partial charge on any atom is 0.262 e. The molecule has 1 aromatic carbocycles. The first-order valence-electron chi connectivity index (χ1n) is 4.21. The third kappa shape index (κ3) is 2.48. The molecule has 76 valence electrons. The zero-order valence-electron chi connectivity index (χ0n) is 7.54. The highest BCUT2D eigenvalue weighted by molar-refractivity contribution is 9.10. The largest absolute Gasteiger partial charge is 0.275 e. The van der Waals surface area contributed by atoms with Crippen molar-refractivity contribution in [2.24, 2.45) is 0 Å². The maximum atomic E-state index is 10.9. The first-order chi connectivity index (χ1) is 7.16. The van der Waals surface area contributed by atoms with Crippen molar-refractivity contribution in [3.8, 4) is 11.1 Å². The van der Waals surface area contributed by atoms with E-state index in [2.05, 4.69) is 15.9 Å². The van der Waals surface area contributed by atoms with Crippen LogP contribution in [0.4, 0.5) is 0 Å². The minimum atomic E-state index is -0.400. The highest BCUT2D eigenvalue weighted by atomic mass is 79.9. The van der Waals surface area contributed by atoms with E-state index in [9.17, 15) is 4.79 Å². The number of hydrogen-bond acceptors (Lipinski definition) is 2. The molecule has 0 bridgehead atoms. The minimum Gasteiger partial charge on any atom is -0.275 e. The van der Waals surface area contributed by atoms with Crippen LogP contribution < -0.4 is 0 Å². The van der Waals surface area contributed by atoms with Gasteiger partial charge in [-0.1, -0.05) is 28.1 Å². The zero-order valence-corrected chi connectivity index (χ0v) is 10.7. The molecule has 0 N–H and O–H groups in total. The lowest BCUT2D eigenvalue weighted by molar-refractivity contribution is 0.108. The molecular weight excluding hydrogens is 296 g/mol. The van der Waals surface area contributed by atoms with Crippen LogP contribution in [0.25, 0.3) is 11.1 Å². The monoisotopic (exact) mass is 300 g/mol. The quantitative estimate of drug-likeness (QED) is 0.743. The Morgan fingerprint density at radius 1 is 1.20 bits per heavy atom. The molecule has 0 aliphatic rings. The predicted molar refractivity (Wildman–Crippen MR) is 67.6 cm³/mol. The summed E-state index contributed by atoms with van der Waals surface area (Å²) in [6.45, 7) is 0. The van der Waals surface area contributed by atoms with E-state index in [0.717, 1.165) is 15.6 Å². The van der Waals surface area contributed by atoms with Crippen LogP contribution in [-0.4, -0.2) is 5.24 Å². The number of halogens is 2. The molecule has 1 aromatic heterocycles. The first kappa shape index (κ1) is 10.9. The fourth-order valence-electron chi connectivity index (χ4n) is 1.23. The second-order valence-corrected chi connectivity index (χ2v) is 5.15. The Hall–Kier alpha value is -0.640. The van der Waals surface area contributed by atoms with Crippen LogP contribution in [0.15, 0.2) is 40.2 Å². The molecule has 0 fully saturated rings. The summed E-state index contributed by atoms with van der Waals surface area (Å²) in [6.07, 6.45) is 0. The Kier molecular flexibility index (Phi) is 3.24. The summed E-state index contributed by atoms with van der Waals surface area (Å²) in [7, 11) is 0. The van der Waals surface area contributed by atoms with Crippen LogP contribution in [0.1, 0.15) is 9.67 Å². The number of thiophene rings is 1. The fraction of sp³-hybridized carbons (Fsp3) is 0. The van der Waals surface area contributed by atoms with E-state index in [4.69, 9.17) is 11.6 Å². The molecule has 0 aliphatic heterocycles. The van der Waals surface area contributed by atoms with Gasteiger partial charge in [-0.15, -0.1) is 11.3 Å². The lowest BCUT2D eigenvalue weighted by Gasteiger charge is -1.96. The van der Waals surface area contributed by atoms with Gasteiger partial charge in [-0.3, -0.25) is 4.79 Å². The summed E-state index contributed by atoms with van der Waals surface area (Å²) < 4.78 is 1.04. The van der Waals surface area contributed by atoms with Gasteiger partial charge in [0.2, 0.25) is 0 Å². The lowest BCUT2D eigenvalue weighted by atomic mass is 10.1. The number of carbonyl (C=O) groups is 1. The number of carbonyl (C=O) groups excluding carboxylic acids is 1. The standard InChI is InChI=1S/C11H6BrClOS/c12-9-3-1-7(2-4-9)8-5-10(11(13)14)15-6-8/h1-6H. The summed E-state index contributed by atoms with van der Waals surface area (Å²) in [5, 5.41) is 1.53. The van der Waals surface area contributed by atoms with Gasteiger partial charge >= 0.3 is 0 Å². The van der Waals surface area contributed by atoms with Crippen molar-refractivity contribution in [1.82, 2.24) is 0 Å². The molecule has 15 heavy (non-hydrogen) atoms. The molecule has 2 rings (SSSR count). The average Bonchev–Trinajstić information content (AvgIpc) is 2.68. The lowest BCUT2D eigenvalue weighted by Crippen LogP contribution is -1.80. The molecule has 1 nitrogen and oxygen atoms in total. The first-order valence-corrected chi connectivity index (χ1v) is 6.26. The SMILES string of the molecule is O=C(Cl)c1cc(-c2ccc(Br)cc2)cs1. The van der Waals surface area contributed by atoms with Crippen LogP contribution >= 0.6 is 38.9 Å². The molecule has 1 heterocycles. The van der Waals surface area contributed by atoms with Gasteiger partial charge in [0.25, 0.3) is 5.24 Å². The Labute approximate surface area is 105 Å². The van der Waals surface area contributed by atoms with Crippen molar-refractivity contribution < 1.29 is 4.79 Å². The second kappa shape index (κ2) is 4.47. The minimum absolute atomic E-state index is 0.400. The predicted octanol–water partition coefficient (Wildman–Crippen LogP) is 4.56. The second-order valence-electron chi connectivity index (χ2n) is 2.98. The van der Waals surface area contributed by atoms with Gasteiger partial charge < -0.3 is 0 Å². The van der Waals surface area contributed by atoms with Crippen molar-refractivity contribution in [1.29, 1.82) is 0 Å². The van der Waals surface area contributed by atoms with Crippen molar-refractivity contribution in [3.63, 3.8) is 0 Å². The third-order valence-electron chi connectivity index (χ3n) is 1.97. The van der Waals surface area contributed by atoms with Crippen LogP contribution in [0.3, 0.4) is 0 Å². The van der Waals surface area contributed by atoms with Crippen molar-refractivity contribution in [2.45, 2.75) is 0 Å². The highest BCUT2D eigenvalue weighted by Gasteiger charge is 2.06. The molecule has 0 unspecified atom stereocenters. The van der Waals surface area contributed by atoms with Crippen molar-refractivity contribution in [3.05, 3.63) is 45.1 Å². The molecule has 0 atom stereocenters. The van der Waals surface area contributed by atoms with Gasteiger partial charge in [0.05, 0.1) is 4.88 Å².